The van der Waals surface area contributed by atoms with Gasteiger partial charge in [0.2, 0.25) is 10.0 Å². The Morgan fingerprint density at radius 3 is 2.45 bits per heavy atom. The number of rotatable bonds is 8. The number of carbonyl (C=O) groups excluding carboxylic acids is 2. The SMILES string of the molecule is CCOC(=O)CCn1c(=NC(=O)c2ccc(OC)c(OC)c2)sc2cc(S(N)(=O)=O)ccc21. The molecule has 0 radical (unpaired) electrons. The Labute approximate surface area is 194 Å². The highest BCUT2D eigenvalue weighted by molar-refractivity contribution is 7.89. The van der Waals surface area contributed by atoms with Gasteiger partial charge in [-0.05, 0) is 43.3 Å². The van der Waals surface area contributed by atoms with Gasteiger partial charge < -0.3 is 18.8 Å². The highest BCUT2D eigenvalue weighted by Crippen LogP contribution is 2.28. The zero-order valence-electron chi connectivity index (χ0n) is 18.2. The predicted octanol–water partition coefficient (Wildman–Crippen LogP) is 2.06. The first-order valence-electron chi connectivity index (χ1n) is 9.80. The van der Waals surface area contributed by atoms with Crippen molar-refractivity contribution in [2.75, 3.05) is 20.8 Å². The second kappa shape index (κ2) is 10.1. The van der Waals surface area contributed by atoms with Crippen LogP contribution >= 0.6 is 11.3 Å². The molecule has 3 rings (SSSR count). The van der Waals surface area contributed by atoms with Gasteiger partial charge in [0.15, 0.2) is 16.3 Å². The topological polar surface area (TPSA) is 139 Å². The van der Waals surface area contributed by atoms with Crippen LogP contribution in [0.5, 0.6) is 11.5 Å². The van der Waals surface area contributed by atoms with Crippen LogP contribution in [0, 0.1) is 0 Å². The number of hydrogen-bond donors (Lipinski definition) is 1. The van der Waals surface area contributed by atoms with Gasteiger partial charge in [0.05, 0.1) is 42.4 Å². The van der Waals surface area contributed by atoms with Crippen LogP contribution < -0.4 is 19.4 Å². The lowest BCUT2D eigenvalue weighted by atomic mass is 10.2. The Bertz CT molecular complexity index is 1370. The van der Waals surface area contributed by atoms with Crippen molar-refractivity contribution in [1.82, 2.24) is 4.57 Å². The van der Waals surface area contributed by atoms with Crippen LogP contribution in [0.2, 0.25) is 0 Å². The molecule has 2 aromatic carbocycles. The molecule has 0 unspecified atom stereocenters. The van der Waals surface area contributed by atoms with Crippen molar-refractivity contribution in [2.24, 2.45) is 10.1 Å². The van der Waals surface area contributed by atoms with Gasteiger partial charge in [0.25, 0.3) is 5.91 Å². The summed E-state index contributed by atoms with van der Waals surface area (Å²) in [6.07, 6.45) is 0.0499. The molecule has 10 nitrogen and oxygen atoms in total. The van der Waals surface area contributed by atoms with Gasteiger partial charge in [0, 0.05) is 12.1 Å². The maximum absolute atomic E-state index is 12.9. The fourth-order valence-corrected chi connectivity index (χ4v) is 4.80. The number of hydrogen-bond acceptors (Lipinski definition) is 8. The molecule has 0 spiro atoms. The molecule has 2 N–H and O–H groups in total. The van der Waals surface area contributed by atoms with Crippen molar-refractivity contribution in [3.05, 3.63) is 46.8 Å². The molecule has 3 aromatic rings. The summed E-state index contributed by atoms with van der Waals surface area (Å²) in [6, 6.07) is 9.01. The van der Waals surface area contributed by atoms with Crippen LogP contribution in [0.4, 0.5) is 0 Å². The Hall–Kier alpha value is -3.22. The molecule has 0 saturated carbocycles. The number of benzene rings is 2. The Kier molecular flexibility index (Phi) is 7.51. The van der Waals surface area contributed by atoms with Crippen LogP contribution in [0.1, 0.15) is 23.7 Å². The molecule has 1 heterocycles. The minimum atomic E-state index is -3.91. The minimum Gasteiger partial charge on any atom is -0.493 e. The number of thiazole rings is 1. The highest BCUT2D eigenvalue weighted by Gasteiger charge is 2.16. The maximum atomic E-state index is 12.9. The normalized spacial score (nSPS) is 12.1. The monoisotopic (exact) mass is 493 g/mol. The van der Waals surface area contributed by atoms with E-state index in [1.165, 1.54) is 32.4 Å². The number of aryl methyl sites for hydroxylation is 1. The van der Waals surface area contributed by atoms with Crippen molar-refractivity contribution in [3.8, 4) is 11.5 Å². The van der Waals surface area contributed by atoms with Crippen molar-refractivity contribution in [2.45, 2.75) is 24.8 Å². The van der Waals surface area contributed by atoms with Crippen LogP contribution in [-0.4, -0.2) is 45.7 Å². The van der Waals surface area contributed by atoms with Crippen molar-refractivity contribution < 1.29 is 32.2 Å². The van der Waals surface area contributed by atoms with Crippen LogP contribution in [0.3, 0.4) is 0 Å². The molecule has 1 amide bonds. The lowest BCUT2D eigenvalue weighted by molar-refractivity contribution is -0.143. The molecule has 0 fully saturated rings. The van der Waals surface area contributed by atoms with E-state index < -0.39 is 21.9 Å². The summed E-state index contributed by atoms with van der Waals surface area (Å²) in [4.78, 5) is 29.3. The fourth-order valence-electron chi connectivity index (χ4n) is 3.09. The van der Waals surface area contributed by atoms with Crippen molar-refractivity contribution in [1.29, 1.82) is 0 Å². The predicted molar refractivity (Wildman–Crippen MR) is 122 cm³/mol. The summed E-state index contributed by atoms with van der Waals surface area (Å²) >= 11 is 1.11. The number of fused-ring (bicyclic) bond motifs is 1. The number of carbonyl (C=O) groups is 2. The first kappa shape index (κ1) is 24.4. The van der Waals surface area contributed by atoms with Gasteiger partial charge in [-0.3, -0.25) is 9.59 Å². The standard InChI is InChI=1S/C21H23N3O7S2/c1-4-31-19(25)9-10-24-15-7-6-14(33(22,27)28)12-18(15)32-21(24)23-20(26)13-5-8-16(29-2)17(11-13)30-3/h5-8,11-12H,4,9-10H2,1-3H3,(H2,22,27,28). The highest BCUT2D eigenvalue weighted by atomic mass is 32.2. The Balaban J connectivity index is 2.10. The summed E-state index contributed by atoms with van der Waals surface area (Å²) < 4.78 is 41.1. The van der Waals surface area contributed by atoms with Crippen molar-refractivity contribution >= 4 is 43.5 Å². The molecule has 1 aromatic heterocycles. The van der Waals surface area contributed by atoms with E-state index in [4.69, 9.17) is 19.3 Å². The van der Waals surface area contributed by atoms with Crippen molar-refractivity contribution in [3.63, 3.8) is 0 Å². The first-order chi connectivity index (χ1) is 15.7. The van der Waals surface area contributed by atoms with E-state index in [-0.39, 0.29) is 30.0 Å². The first-order valence-corrected chi connectivity index (χ1v) is 12.2. The lowest BCUT2D eigenvalue weighted by Gasteiger charge is -2.08. The Morgan fingerprint density at radius 1 is 1.09 bits per heavy atom. The lowest BCUT2D eigenvalue weighted by Crippen LogP contribution is -2.19. The molecule has 12 heteroatoms. The second-order valence-electron chi connectivity index (χ2n) is 6.75. The second-order valence-corrected chi connectivity index (χ2v) is 9.32. The number of amides is 1. The molecule has 0 aliphatic rings. The molecule has 0 aliphatic heterocycles. The van der Waals surface area contributed by atoms with Gasteiger partial charge >= 0.3 is 5.97 Å². The van der Waals surface area contributed by atoms with Crippen LogP contribution in [-0.2, 0) is 26.1 Å². The van der Waals surface area contributed by atoms with E-state index in [1.807, 2.05) is 0 Å². The number of primary sulfonamides is 1. The van der Waals surface area contributed by atoms with E-state index in [0.29, 0.717) is 26.5 Å². The largest absolute Gasteiger partial charge is 0.493 e. The molecule has 0 aliphatic carbocycles. The smallest absolute Gasteiger partial charge is 0.307 e. The molecular weight excluding hydrogens is 470 g/mol. The number of sulfonamides is 1. The zero-order chi connectivity index (χ0) is 24.2. The molecule has 33 heavy (non-hydrogen) atoms. The minimum absolute atomic E-state index is 0.0499. The number of methoxy groups -OCH3 is 2. The average molecular weight is 494 g/mol. The van der Waals surface area contributed by atoms with E-state index in [9.17, 15) is 18.0 Å². The summed E-state index contributed by atoms with van der Waals surface area (Å²) in [6.45, 7) is 2.15. The number of ether oxygens (including phenoxy) is 3. The molecule has 0 atom stereocenters. The van der Waals surface area contributed by atoms with Crippen LogP contribution in [0.25, 0.3) is 10.2 Å². The van der Waals surface area contributed by atoms with E-state index in [2.05, 4.69) is 4.99 Å². The van der Waals surface area contributed by atoms with Gasteiger partial charge in [-0.25, -0.2) is 13.6 Å². The third-order valence-corrected chi connectivity index (χ3v) is 6.61. The van der Waals surface area contributed by atoms with E-state index >= 15 is 0 Å². The molecular formula is C21H23N3O7S2. The van der Waals surface area contributed by atoms with Gasteiger partial charge in [-0.15, -0.1) is 0 Å². The third-order valence-electron chi connectivity index (χ3n) is 4.66. The molecule has 0 saturated heterocycles. The number of nitrogens with zero attached hydrogens (tertiary/aromatic N) is 2. The molecule has 0 bridgehead atoms. The summed E-state index contributed by atoms with van der Waals surface area (Å²) in [5.74, 6) is -0.0967. The number of nitrogens with two attached hydrogens (primary N) is 1. The quantitative estimate of drug-likeness (QED) is 0.474. The number of esters is 1. The van der Waals surface area contributed by atoms with E-state index in [0.717, 1.165) is 11.3 Å². The van der Waals surface area contributed by atoms with Gasteiger partial charge in [0.1, 0.15) is 0 Å². The van der Waals surface area contributed by atoms with E-state index in [1.54, 1.807) is 29.7 Å². The van der Waals surface area contributed by atoms with Crippen LogP contribution in [0.15, 0.2) is 46.3 Å². The Morgan fingerprint density at radius 2 is 1.82 bits per heavy atom. The average Bonchev–Trinajstić information content (AvgIpc) is 3.12. The fraction of sp³-hybridized carbons (Fsp3) is 0.286. The third kappa shape index (κ3) is 5.59. The maximum Gasteiger partial charge on any atom is 0.307 e. The zero-order valence-corrected chi connectivity index (χ0v) is 19.9. The van der Waals surface area contributed by atoms with Gasteiger partial charge in [-0.1, -0.05) is 11.3 Å². The van der Waals surface area contributed by atoms with Gasteiger partial charge in [-0.2, -0.15) is 4.99 Å². The summed E-state index contributed by atoms with van der Waals surface area (Å²) in [5, 5.41) is 5.24. The molecule has 176 valence electrons. The summed E-state index contributed by atoms with van der Waals surface area (Å²) in [7, 11) is -0.962. The number of aromatic nitrogens is 1. The summed E-state index contributed by atoms with van der Waals surface area (Å²) in [5.41, 5.74) is 0.878.